The Labute approximate surface area is 117 Å². The molecule has 0 unspecified atom stereocenters. The van der Waals surface area contributed by atoms with Gasteiger partial charge in [-0.2, -0.15) is 4.98 Å². The van der Waals surface area contributed by atoms with Crippen molar-refractivity contribution in [3.05, 3.63) is 10.9 Å². The standard InChI is InChI=1S/C14H19N3OS/c1-3-7-15-14-16-12(18-10-5-4-6-10)11-8-9(2)19-13(11)17-14/h8,10H,3-7H2,1-2H3,(H,15,16,17). The van der Waals surface area contributed by atoms with Gasteiger partial charge in [-0.3, -0.25) is 0 Å². The quantitative estimate of drug-likeness (QED) is 0.904. The van der Waals surface area contributed by atoms with Gasteiger partial charge in [-0.05, 0) is 38.7 Å². The molecular weight excluding hydrogens is 258 g/mol. The molecule has 0 aromatic carbocycles. The molecule has 0 atom stereocenters. The van der Waals surface area contributed by atoms with Gasteiger partial charge in [-0.1, -0.05) is 6.92 Å². The van der Waals surface area contributed by atoms with Crippen LogP contribution in [0.15, 0.2) is 6.07 Å². The average molecular weight is 277 g/mol. The zero-order chi connectivity index (χ0) is 13.2. The summed E-state index contributed by atoms with van der Waals surface area (Å²) in [6.45, 7) is 5.12. The molecule has 19 heavy (non-hydrogen) atoms. The van der Waals surface area contributed by atoms with E-state index in [4.69, 9.17) is 4.74 Å². The molecule has 1 fully saturated rings. The molecule has 0 saturated heterocycles. The number of anilines is 1. The summed E-state index contributed by atoms with van der Waals surface area (Å²) >= 11 is 1.70. The molecule has 0 bridgehead atoms. The van der Waals surface area contributed by atoms with Gasteiger partial charge in [0.05, 0.1) is 5.39 Å². The van der Waals surface area contributed by atoms with Gasteiger partial charge >= 0.3 is 0 Å². The fraction of sp³-hybridized carbons (Fsp3) is 0.571. The first kappa shape index (κ1) is 12.7. The molecule has 102 valence electrons. The molecule has 1 aliphatic rings. The van der Waals surface area contributed by atoms with E-state index in [0.717, 1.165) is 41.9 Å². The second kappa shape index (κ2) is 5.33. The lowest BCUT2D eigenvalue weighted by Crippen LogP contribution is -2.25. The topological polar surface area (TPSA) is 47.0 Å². The minimum absolute atomic E-state index is 0.345. The molecule has 1 aliphatic carbocycles. The first-order valence-corrected chi connectivity index (χ1v) is 7.76. The minimum Gasteiger partial charge on any atom is -0.474 e. The summed E-state index contributed by atoms with van der Waals surface area (Å²) in [6, 6.07) is 2.12. The average Bonchev–Trinajstić information content (AvgIpc) is 2.71. The number of fused-ring (bicyclic) bond motifs is 1. The van der Waals surface area contributed by atoms with Crippen LogP contribution in [-0.4, -0.2) is 22.6 Å². The van der Waals surface area contributed by atoms with Gasteiger partial charge in [0.2, 0.25) is 11.8 Å². The third-order valence-corrected chi connectivity index (χ3v) is 4.29. The van der Waals surface area contributed by atoms with Crippen LogP contribution >= 0.6 is 11.3 Å². The molecule has 0 spiro atoms. The summed E-state index contributed by atoms with van der Waals surface area (Å²) in [5, 5.41) is 4.30. The van der Waals surface area contributed by atoms with Crippen LogP contribution in [0.3, 0.4) is 0 Å². The van der Waals surface area contributed by atoms with Crippen molar-refractivity contribution >= 4 is 27.5 Å². The Hall–Kier alpha value is -1.36. The molecule has 1 N–H and O–H groups in total. The number of hydrogen-bond donors (Lipinski definition) is 1. The van der Waals surface area contributed by atoms with E-state index in [-0.39, 0.29) is 0 Å². The zero-order valence-corrected chi connectivity index (χ0v) is 12.2. The summed E-state index contributed by atoms with van der Waals surface area (Å²) in [4.78, 5) is 11.4. The van der Waals surface area contributed by atoms with Gasteiger partial charge in [0.15, 0.2) is 0 Å². The van der Waals surface area contributed by atoms with Gasteiger partial charge in [-0.15, -0.1) is 11.3 Å². The van der Waals surface area contributed by atoms with Gasteiger partial charge in [0.1, 0.15) is 10.9 Å². The number of aryl methyl sites for hydroxylation is 1. The number of nitrogens with zero attached hydrogens (tertiary/aromatic N) is 2. The maximum Gasteiger partial charge on any atom is 0.227 e. The minimum atomic E-state index is 0.345. The van der Waals surface area contributed by atoms with Crippen molar-refractivity contribution in [2.75, 3.05) is 11.9 Å². The first-order valence-electron chi connectivity index (χ1n) is 6.95. The molecule has 2 heterocycles. The first-order chi connectivity index (χ1) is 9.26. The smallest absolute Gasteiger partial charge is 0.227 e. The number of ether oxygens (including phenoxy) is 1. The summed E-state index contributed by atoms with van der Waals surface area (Å²) in [5.41, 5.74) is 0. The fourth-order valence-electron chi connectivity index (χ4n) is 2.07. The Morgan fingerprint density at radius 3 is 2.95 bits per heavy atom. The number of thiophene rings is 1. The highest BCUT2D eigenvalue weighted by atomic mass is 32.1. The molecule has 2 aromatic rings. The van der Waals surface area contributed by atoms with Crippen LogP contribution in [0.4, 0.5) is 5.95 Å². The number of hydrogen-bond acceptors (Lipinski definition) is 5. The molecule has 0 aliphatic heterocycles. The van der Waals surface area contributed by atoms with E-state index < -0.39 is 0 Å². The third-order valence-electron chi connectivity index (χ3n) is 3.34. The van der Waals surface area contributed by atoms with Crippen molar-refractivity contribution in [1.82, 2.24) is 9.97 Å². The van der Waals surface area contributed by atoms with E-state index in [0.29, 0.717) is 12.1 Å². The van der Waals surface area contributed by atoms with Crippen molar-refractivity contribution in [3.63, 3.8) is 0 Å². The molecule has 0 radical (unpaired) electrons. The second-order valence-electron chi connectivity index (χ2n) is 5.03. The normalized spacial score (nSPS) is 15.5. The van der Waals surface area contributed by atoms with Crippen LogP contribution in [0.2, 0.25) is 0 Å². The number of rotatable bonds is 5. The highest BCUT2D eigenvalue weighted by Crippen LogP contribution is 2.33. The van der Waals surface area contributed by atoms with Gasteiger partial charge < -0.3 is 10.1 Å². The van der Waals surface area contributed by atoms with Crippen molar-refractivity contribution < 1.29 is 4.74 Å². The highest BCUT2D eigenvalue weighted by molar-refractivity contribution is 7.18. The van der Waals surface area contributed by atoms with Gasteiger partial charge in [0.25, 0.3) is 0 Å². The highest BCUT2D eigenvalue weighted by Gasteiger charge is 2.22. The van der Waals surface area contributed by atoms with Crippen molar-refractivity contribution in [3.8, 4) is 5.88 Å². The Morgan fingerprint density at radius 1 is 1.42 bits per heavy atom. The predicted molar refractivity (Wildman–Crippen MR) is 79.2 cm³/mol. The van der Waals surface area contributed by atoms with Crippen molar-refractivity contribution in [2.24, 2.45) is 0 Å². The monoisotopic (exact) mass is 277 g/mol. The second-order valence-corrected chi connectivity index (χ2v) is 6.26. The lowest BCUT2D eigenvalue weighted by atomic mass is 9.96. The van der Waals surface area contributed by atoms with Crippen LogP contribution in [-0.2, 0) is 0 Å². The van der Waals surface area contributed by atoms with Gasteiger partial charge in [-0.25, -0.2) is 4.98 Å². The Bertz CT molecular complexity index is 577. The van der Waals surface area contributed by atoms with E-state index >= 15 is 0 Å². The lowest BCUT2D eigenvalue weighted by molar-refractivity contribution is 0.117. The molecule has 1 saturated carbocycles. The maximum atomic E-state index is 6.01. The Kier molecular flexibility index (Phi) is 3.55. The largest absolute Gasteiger partial charge is 0.474 e. The molecule has 4 nitrogen and oxygen atoms in total. The van der Waals surface area contributed by atoms with E-state index in [1.54, 1.807) is 11.3 Å². The van der Waals surface area contributed by atoms with Crippen molar-refractivity contribution in [2.45, 2.75) is 45.6 Å². The molecule has 3 rings (SSSR count). The summed E-state index contributed by atoms with van der Waals surface area (Å²) in [5.74, 6) is 1.43. The molecule has 2 aromatic heterocycles. The number of aromatic nitrogens is 2. The van der Waals surface area contributed by atoms with Crippen LogP contribution < -0.4 is 10.1 Å². The van der Waals surface area contributed by atoms with E-state index in [1.165, 1.54) is 11.3 Å². The number of nitrogens with one attached hydrogen (secondary N) is 1. The Balaban J connectivity index is 1.94. The van der Waals surface area contributed by atoms with Gasteiger partial charge in [0, 0.05) is 11.4 Å². The molecule has 5 heteroatoms. The molecular formula is C14H19N3OS. The van der Waals surface area contributed by atoms with Crippen LogP contribution in [0.5, 0.6) is 5.88 Å². The summed E-state index contributed by atoms with van der Waals surface area (Å²) in [7, 11) is 0. The Morgan fingerprint density at radius 2 is 2.26 bits per heavy atom. The molecule has 0 amide bonds. The summed E-state index contributed by atoms with van der Waals surface area (Å²) < 4.78 is 6.01. The third kappa shape index (κ3) is 2.66. The fourth-order valence-corrected chi connectivity index (χ4v) is 2.94. The van der Waals surface area contributed by atoms with Crippen molar-refractivity contribution in [1.29, 1.82) is 0 Å². The summed E-state index contributed by atoms with van der Waals surface area (Å²) in [6.07, 6.45) is 4.96. The lowest BCUT2D eigenvalue weighted by Gasteiger charge is -2.26. The van der Waals surface area contributed by atoms with Crippen LogP contribution in [0.1, 0.15) is 37.5 Å². The zero-order valence-electron chi connectivity index (χ0n) is 11.4. The van der Waals surface area contributed by atoms with E-state index in [9.17, 15) is 0 Å². The van der Waals surface area contributed by atoms with Crippen LogP contribution in [0, 0.1) is 6.92 Å². The van der Waals surface area contributed by atoms with E-state index in [1.807, 2.05) is 0 Å². The van der Waals surface area contributed by atoms with E-state index in [2.05, 4.69) is 35.2 Å². The maximum absolute atomic E-state index is 6.01. The predicted octanol–water partition coefficient (Wildman–Crippen LogP) is 3.75. The SMILES string of the molecule is CCCNc1nc(OC2CCC2)c2cc(C)sc2n1. The van der Waals surface area contributed by atoms with Crippen LogP contribution in [0.25, 0.3) is 10.2 Å².